The summed E-state index contributed by atoms with van der Waals surface area (Å²) < 4.78 is 28.9. The fraction of sp³-hybridized carbons (Fsp3) is 0.150. The highest BCUT2D eigenvalue weighted by Gasteiger charge is 2.22. The summed E-state index contributed by atoms with van der Waals surface area (Å²) in [6, 6.07) is 11.7. The number of aromatic nitrogens is 3. The van der Waals surface area contributed by atoms with E-state index in [2.05, 4.69) is 16.8 Å². The van der Waals surface area contributed by atoms with E-state index >= 15 is 0 Å². The Hall–Kier alpha value is -2.80. The molecule has 0 fully saturated rings. The number of carbonyl (C=O) groups is 1. The molecule has 2 aromatic carbocycles. The fourth-order valence-corrected chi connectivity index (χ4v) is 3.51. The number of Topliss-reactive ketones (excluding diaryl/α,β-unsaturated/α-hetero) is 1. The number of benzene rings is 2. The Morgan fingerprint density at radius 2 is 1.89 bits per heavy atom. The van der Waals surface area contributed by atoms with Gasteiger partial charge in [-0.05, 0) is 43.3 Å². The second kappa shape index (κ2) is 8.26. The van der Waals surface area contributed by atoms with Crippen molar-refractivity contribution in [2.45, 2.75) is 23.9 Å². The van der Waals surface area contributed by atoms with Gasteiger partial charge < -0.3 is 0 Å². The number of allylic oxidation sites excluding steroid dienone is 1. The predicted octanol–water partition coefficient (Wildman–Crippen LogP) is 4.77. The molecule has 0 aliphatic carbocycles. The van der Waals surface area contributed by atoms with E-state index in [1.807, 2.05) is 0 Å². The molecule has 1 atom stereocenters. The average Bonchev–Trinajstić information content (AvgIpc) is 3.05. The zero-order chi connectivity index (χ0) is 19.4. The average molecular weight is 385 g/mol. The predicted molar refractivity (Wildman–Crippen MR) is 102 cm³/mol. The molecule has 138 valence electrons. The molecule has 0 saturated carbocycles. The lowest BCUT2D eigenvalue weighted by Crippen LogP contribution is -2.15. The van der Waals surface area contributed by atoms with Gasteiger partial charge in [0.25, 0.3) is 0 Å². The maximum Gasteiger partial charge on any atom is 0.192 e. The molecule has 0 N–H and O–H groups in total. The van der Waals surface area contributed by atoms with Gasteiger partial charge in [0, 0.05) is 12.1 Å². The smallest absolute Gasteiger partial charge is 0.192 e. The zero-order valence-corrected chi connectivity index (χ0v) is 15.4. The van der Waals surface area contributed by atoms with Crippen LogP contribution >= 0.6 is 11.8 Å². The standard InChI is InChI=1S/C20H17F2N3OS/c1-3-12-25-19(16-6-4-5-7-17(16)22)23-24-20(25)27-13(2)18(26)14-8-10-15(21)11-9-14/h3-11,13H,1,12H2,2H3. The Bertz CT molecular complexity index is 970. The van der Waals surface area contributed by atoms with Gasteiger partial charge in [0.2, 0.25) is 0 Å². The summed E-state index contributed by atoms with van der Waals surface area (Å²) in [6.45, 7) is 5.84. The van der Waals surface area contributed by atoms with Gasteiger partial charge >= 0.3 is 0 Å². The third kappa shape index (κ3) is 4.14. The quantitative estimate of drug-likeness (QED) is 0.334. The molecule has 7 heteroatoms. The zero-order valence-electron chi connectivity index (χ0n) is 14.6. The number of hydrogen-bond donors (Lipinski definition) is 0. The van der Waals surface area contributed by atoms with Crippen LogP contribution in [-0.4, -0.2) is 25.8 Å². The lowest BCUT2D eigenvalue weighted by Gasteiger charge is -2.12. The van der Waals surface area contributed by atoms with Gasteiger partial charge in [0.05, 0.1) is 10.8 Å². The van der Waals surface area contributed by atoms with Crippen LogP contribution in [-0.2, 0) is 6.54 Å². The minimum atomic E-state index is -0.475. The first-order chi connectivity index (χ1) is 13.0. The topological polar surface area (TPSA) is 47.8 Å². The number of ketones is 1. The second-order valence-electron chi connectivity index (χ2n) is 5.82. The van der Waals surface area contributed by atoms with Crippen molar-refractivity contribution in [1.29, 1.82) is 0 Å². The van der Waals surface area contributed by atoms with Crippen molar-refractivity contribution in [3.8, 4) is 11.4 Å². The van der Waals surface area contributed by atoms with Gasteiger partial charge in [-0.25, -0.2) is 8.78 Å². The van der Waals surface area contributed by atoms with E-state index in [4.69, 9.17) is 0 Å². The van der Waals surface area contributed by atoms with Gasteiger partial charge in [-0.2, -0.15) is 0 Å². The summed E-state index contributed by atoms with van der Waals surface area (Å²) in [5.41, 5.74) is 0.747. The van der Waals surface area contributed by atoms with E-state index < -0.39 is 16.9 Å². The fourth-order valence-electron chi connectivity index (χ4n) is 2.57. The Kier molecular flexibility index (Phi) is 5.81. The third-order valence-electron chi connectivity index (χ3n) is 3.92. The van der Waals surface area contributed by atoms with Crippen molar-refractivity contribution in [2.24, 2.45) is 0 Å². The number of halogens is 2. The summed E-state index contributed by atoms with van der Waals surface area (Å²) in [7, 11) is 0. The van der Waals surface area contributed by atoms with E-state index in [1.54, 1.807) is 35.8 Å². The van der Waals surface area contributed by atoms with Gasteiger partial charge in [-0.1, -0.05) is 30.0 Å². The van der Waals surface area contributed by atoms with Crippen LogP contribution in [0.2, 0.25) is 0 Å². The molecule has 27 heavy (non-hydrogen) atoms. The normalized spacial score (nSPS) is 12.0. The number of rotatable bonds is 7. The van der Waals surface area contributed by atoms with Crippen LogP contribution in [0.4, 0.5) is 8.78 Å². The van der Waals surface area contributed by atoms with Crippen LogP contribution in [0.1, 0.15) is 17.3 Å². The maximum absolute atomic E-state index is 14.2. The molecule has 0 bridgehead atoms. The molecule has 0 radical (unpaired) electrons. The van der Waals surface area contributed by atoms with E-state index in [0.29, 0.717) is 28.7 Å². The third-order valence-corrected chi connectivity index (χ3v) is 5.00. The van der Waals surface area contributed by atoms with Crippen molar-refractivity contribution in [2.75, 3.05) is 0 Å². The lowest BCUT2D eigenvalue weighted by molar-refractivity contribution is 0.0994. The Morgan fingerprint density at radius 3 is 2.56 bits per heavy atom. The molecule has 0 saturated heterocycles. The van der Waals surface area contributed by atoms with E-state index in [1.165, 1.54) is 42.1 Å². The molecular weight excluding hydrogens is 368 g/mol. The van der Waals surface area contributed by atoms with Crippen molar-refractivity contribution in [1.82, 2.24) is 14.8 Å². The molecule has 1 unspecified atom stereocenters. The van der Waals surface area contributed by atoms with Crippen LogP contribution in [0.5, 0.6) is 0 Å². The van der Waals surface area contributed by atoms with Gasteiger partial charge in [0.1, 0.15) is 11.6 Å². The van der Waals surface area contributed by atoms with Gasteiger partial charge in [-0.15, -0.1) is 16.8 Å². The monoisotopic (exact) mass is 385 g/mol. The first kappa shape index (κ1) is 19.0. The van der Waals surface area contributed by atoms with Crippen LogP contribution in [0, 0.1) is 11.6 Å². The van der Waals surface area contributed by atoms with E-state index in [0.717, 1.165) is 0 Å². The van der Waals surface area contributed by atoms with Crippen molar-refractivity contribution >= 4 is 17.5 Å². The van der Waals surface area contributed by atoms with Crippen molar-refractivity contribution in [3.05, 3.63) is 78.4 Å². The first-order valence-electron chi connectivity index (χ1n) is 8.26. The molecule has 0 spiro atoms. The van der Waals surface area contributed by atoms with Crippen molar-refractivity contribution in [3.63, 3.8) is 0 Å². The summed E-state index contributed by atoms with van der Waals surface area (Å²) in [5.74, 6) is -0.577. The summed E-state index contributed by atoms with van der Waals surface area (Å²) in [6.07, 6.45) is 1.66. The molecule has 0 aliphatic heterocycles. The molecular formula is C20H17F2N3OS. The minimum Gasteiger partial charge on any atom is -0.298 e. The molecule has 0 aliphatic rings. The number of carbonyl (C=O) groups excluding carboxylic acids is 1. The second-order valence-corrected chi connectivity index (χ2v) is 7.12. The van der Waals surface area contributed by atoms with E-state index in [9.17, 15) is 13.6 Å². The van der Waals surface area contributed by atoms with Crippen LogP contribution in [0.25, 0.3) is 11.4 Å². The van der Waals surface area contributed by atoms with Gasteiger partial charge in [-0.3, -0.25) is 9.36 Å². The Balaban J connectivity index is 1.88. The molecule has 4 nitrogen and oxygen atoms in total. The maximum atomic E-state index is 14.2. The largest absolute Gasteiger partial charge is 0.298 e. The van der Waals surface area contributed by atoms with Crippen LogP contribution < -0.4 is 0 Å². The highest BCUT2D eigenvalue weighted by molar-refractivity contribution is 8.00. The van der Waals surface area contributed by atoms with Crippen LogP contribution in [0.15, 0.2) is 66.3 Å². The highest BCUT2D eigenvalue weighted by Crippen LogP contribution is 2.29. The first-order valence-corrected chi connectivity index (χ1v) is 9.14. The highest BCUT2D eigenvalue weighted by atomic mass is 32.2. The van der Waals surface area contributed by atoms with Crippen molar-refractivity contribution < 1.29 is 13.6 Å². The van der Waals surface area contributed by atoms with Crippen LogP contribution in [0.3, 0.4) is 0 Å². The van der Waals surface area contributed by atoms with Gasteiger partial charge in [0.15, 0.2) is 16.8 Å². The molecule has 3 aromatic rings. The molecule has 1 heterocycles. The number of thioether (sulfide) groups is 1. The number of hydrogen-bond acceptors (Lipinski definition) is 4. The molecule has 3 rings (SSSR count). The summed E-state index contributed by atoms with van der Waals surface area (Å²) in [4.78, 5) is 12.6. The van der Waals surface area contributed by atoms with E-state index in [-0.39, 0.29) is 5.78 Å². The summed E-state index contributed by atoms with van der Waals surface area (Å²) in [5, 5.41) is 8.24. The lowest BCUT2D eigenvalue weighted by atomic mass is 10.1. The molecule has 1 aromatic heterocycles. The minimum absolute atomic E-state index is 0.152. The summed E-state index contributed by atoms with van der Waals surface area (Å²) >= 11 is 1.21. The Labute approximate surface area is 159 Å². The Morgan fingerprint density at radius 1 is 1.19 bits per heavy atom. The molecule has 0 amide bonds. The number of nitrogens with zero attached hydrogens (tertiary/aromatic N) is 3. The SMILES string of the molecule is C=CCn1c(SC(C)C(=O)c2ccc(F)cc2)nnc1-c1ccccc1F.